The normalized spacial score (nSPS) is 13.7. The van der Waals surface area contributed by atoms with Crippen LogP contribution >= 0.6 is 11.6 Å². The third-order valence-corrected chi connectivity index (χ3v) is 2.78. The molecule has 0 saturated carbocycles. The maximum Gasteiger partial charge on any atom is 0.137 e. The number of benzene rings is 1. The minimum Gasteiger partial charge on any atom is -0.495 e. The van der Waals surface area contributed by atoms with Crippen molar-refractivity contribution in [2.45, 2.75) is 26.8 Å². The second-order valence-corrected chi connectivity index (χ2v) is 5.14. The van der Waals surface area contributed by atoms with Crippen molar-refractivity contribution in [2.75, 3.05) is 7.11 Å². The molecule has 3 heteroatoms. The van der Waals surface area contributed by atoms with Crippen molar-refractivity contribution in [2.24, 2.45) is 11.1 Å². The van der Waals surface area contributed by atoms with Crippen LogP contribution in [-0.2, 0) is 0 Å². The van der Waals surface area contributed by atoms with E-state index < -0.39 is 0 Å². The van der Waals surface area contributed by atoms with E-state index in [-0.39, 0.29) is 11.5 Å². The van der Waals surface area contributed by atoms with Gasteiger partial charge in [-0.1, -0.05) is 38.4 Å². The zero-order valence-electron chi connectivity index (χ0n) is 9.67. The Balaban J connectivity index is 3.06. The standard InChI is InChI=1S/C12H18ClNO/c1-12(2,3)11(14)8-5-6-9(13)10(7-8)15-4/h5-7,11H,14H2,1-4H3/t11-/m0/s1. The van der Waals surface area contributed by atoms with Gasteiger partial charge in [-0.3, -0.25) is 0 Å². The maximum absolute atomic E-state index is 6.15. The van der Waals surface area contributed by atoms with Crippen LogP contribution in [0.4, 0.5) is 0 Å². The summed E-state index contributed by atoms with van der Waals surface area (Å²) in [6.07, 6.45) is 0. The lowest BCUT2D eigenvalue weighted by Gasteiger charge is -2.27. The zero-order chi connectivity index (χ0) is 11.6. The summed E-state index contributed by atoms with van der Waals surface area (Å²) in [6, 6.07) is 5.64. The first-order valence-corrected chi connectivity index (χ1v) is 5.33. The van der Waals surface area contributed by atoms with Crippen LogP contribution in [0.5, 0.6) is 5.75 Å². The molecule has 0 aromatic heterocycles. The van der Waals surface area contributed by atoms with Gasteiger partial charge < -0.3 is 10.5 Å². The van der Waals surface area contributed by atoms with Gasteiger partial charge in [0.25, 0.3) is 0 Å². The second kappa shape index (κ2) is 4.42. The fraction of sp³-hybridized carbons (Fsp3) is 0.500. The summed E-state index contributed by atoms with van der Waals surface area (Å²) in [5, 5.41) is 0.613. The van der Waals surface area contributed by atoms with Gasteiger partial charge >= 0.3 is 0 Å². The van der Waals surface area contributed by atoms with Gasteiger partial charge in [-0.2, -0.15) is 0 Å². The molecule has 15 heavy (non-hydrogen) atoms. The quantitative estimate of drug-likeness (QED) is 0.841. The van der Waals surface area contributed by atoms with E-state index in [0.717, 1.165) is 5.56 Å². The van der Waals surface area contributed by atoms with E-state index in [0.29, 0.717) is 10.8 Å². The van der Waals surface area contributed by atoms with Crippen LogP contribution in [-0.4, -0.2) is 7.11 Å². The Morgan fingerprint density at radius 1 is 1.33 bits per heavy atom. The molecular formula is C12H18ClNO. The van der Waals surface area contributed by atoms with Gasteiger partial charge in [0.15, 0.2) is 0 Å². The smallest absolute Gasteiger partial charge is 0.137 e. The van der Waals surface area contributed by atoms with Crippen molar-refractivity contribution in [3.63, 3.8) is 0 Å². The molecular weight excluding hydrogens is 210 g/mol. The minimum atomic E-state index is -0.0244. The Bertz CT molecular complexity index is 344. The van der Waals surface area contributed by atoms with Crippen LogP contribution in [0.1, 0.15) is 32.4 Å². The summed E-state index contributed by atoms with van der Waals surface area (Å²) < 4.78 is 5.16. The van der Waals surface area contributed by atoms with E-state index in [4.69, 9.17) is 22.1 Å². The Morgan fingerprint density at radius 3 is 2.40 bits per heavy atom. The van der Waals surface area contributed by atoms with Crippen molar-refractivity contribution in [1.82, 2.24) is 0 Å². The minimum absolute atomic E-state index is 0.0244. The fourth-order valence-electron chi connectivity index (χ4n) is 1.37. The van der Waals surface area contributed by atoms with Crippen LogP contribution < -0.4 is 10.5 Å². The van der Waals surface area contributed by atoms with Gasteiger partial charge in [-0.05, 0) is 23.1 Å². The van der Waals surface area contributed by atoms with E-state index >= 15 is 0 Å². The number of ether oxygens (including phenoxy) is 1. The summed E-state index contributed by atoms with van der Waals surface area (Å²) in [5.41, 5.74) is 7.22. The summed E-state index contributed by atoms with van der Waals surface area (Å²) in [7, 11) is 1.60. The molecule has 84 valence electrons. The first-order chi connectivity index (χ1) is 6.86. The first-order valence-electron chi connectivity index (χ1n) is 4.95. The molecule has 1 atom stereocenters. The van der Waals surface area contributed by atoms with Crippen molar-refractivity contribution in [3.05, 3.63) is 28.8 Å². The molecule has 0 fully saturated rings. The molecule has 0 aliphatic carbocycles. The summed E-state index contributed by atoms with van der Waals surface area (Å²) in [6.45, 7) is 6.33. The number of rotatable bonds is 2. The predicted molar refractivity (Wildman–Crippen MR) is 64.4 cm³/mol. The van der Waals surface area contributed by atoms with E-state index in [2.05, 4.69) is 20.8 Å². The van der Waals surface area contributed by atoms with Gasteiger partial charge in [0, 0.05) is 6.04 Å². The van der Waals surface area contributed by atoms with Crippen molar-refractivity contribution in [3.8, 4) is 5.75 Å². The Labute approximate surface area is 96.4 Å². The lowest BCUT2D eigenvalue weighted by atomic mass is 9.83. The number of methoxy groups -OCH3 is 1. The Kier molecular flexibility index (Phi) is 3.63. The first kappa shape index (κ1) is 12.3. The largest absolute Gasteiger partial charge is 0.495 e. The summed E-state index contributed by atoms with van der Waals surface area (Å²) in [5.74, 6) is 0.675. The highest BCUT2D eigenvalue weighted by Gasteiger charge is 2.22. The lowest BCUT2D eigenvalue weighted by molar-refractivity contribution is 0.325. The van der Waals surface area contributed by atoms with Crippen molar-refractivity contribution >= 4 is 11.6 Å². The highest BCUT2D eigenvalue weighted by atomic mass is 35.5. The molecule has 0 bridgehead atoms. The van der Waals surface area contributed by atoms with Crippen LogP contribution in [0.25, 0.3) is 0 Å². The summed E-state index contributed by atoms with van der Waals surface area (Å²) >= 11 is 5.95. The van der Waals surface area contributed by atoms with Crippen molar-refractivity contribution < 1.29 is 4.74 Å². The Morgan fingerprint density at radius 2 is 1.93 bits per heavy atom. The Hall–Kier alpha value is -0.730. The average Bonchev–Trinajstić information content (AvgIpc) is 2.16. The van der Waals surface area contributed by atoms with Crippen LogP contribution in [0, 0.1) is 5.41 Å². The third-order valence-electron chi connectivity index (χ3n) is 2.47. The third kappa shape index (κ3) is 2.86. The molecule has 0 saturated heterocycles. The maximum atomic E-state index is 6.15. The van der Waals surface area contributed by atoms with Gasteiger partial charge in [0.2, 0.25) is 0 Å². The molecule has 0 amide bonds. The molecule has 1 aromatic rings. The van der Waals surface area contributed by atoms with Gasteiger partial charge in [-0.25, -0.2) is 0 Å². The van der Waals surface area contributed by atoms with E-state index in [1.807, 2.05) is 18.2 Å². The monoisotopic (exact) mass is 227 g/mol. The van der Waals surface area contributed by atoms with E-state index in [9.17, 15) is 0 Å². The topological polar surface area (TPSA) is 35.2 Å². The summed E-state index contributed by atoms with van der Waals surface area (Å²) in [4.78, 5) is 0. The molecule has 0 spiro atoms. The average molecular weight is 228 g/mol. The SMILES string of the molecule is COc1cc([C@H](N)C(C)(C)C)ccc1Cl. The number of nitrogens with two attached hydrogens (primary N) is 1. The fourth-order valence-corrected chi connectivity index (χ4v) is 1.56. The number of hydrogen-bond acceptors (Lipinski definition) is 2. The lowest BCUT2D eigenvalue weighted by Crippen LogP contribution is -2.26. The van der Waals surface area contributed by atoms with Gasteiger partial charge in [0.05, 0.1) is 12.1 Å². The molecule has 2 nitrogen and oxygen atoms in total. The molecule has 0 heterocycles. The highest BCUT2D eigenvalue weighted by Crippen LogP contribution is 2.34. The second-order valence-electron chi connectivity index (χ2n) is 4.74. The molecule has 0 aliphatic rings. The highest BCUT2D eigenvalue weighted by molar-refractivity contribution is 6.32. The van der Waals surface area contributed by atoms with Crippen LogP contribution in [0.15, 0.2) is 18.2 Å². The van der Waals surface area contributed by atoms with Crippen LogP contribution in [0.2, 0.25) is 5.02 Å². The predicted octanol–water partition coefficient (Wildman–Crippen LogP) is 3.39. The number of halogens is 1. The zero-order valence-corrected chi connectivity index (χ0v) is 10.4. The molecule has 0 aliphatic heterocycles. The van der Waals surface area contributed by atoms with E-state index in [1.54, 1.807) is 7.11 Å². The van der Waals surface area contributed by atoms with Gasteiger partial charge in [-0.15, -0.1) is 0 Å². The molecule has 0 unspecified atom stereocenters. The van der Waals surface area contributed by atoms with Gasteiger partial charge in [0.1, 0.15) is 5.75 Å². The number of hydrogen-bond donors (Lipinski definition) is 1. The molecule has 2 N–H and O–H groups in total. The van der Waals surface area contributed by atoms with Crippen molar-refractivity contribution in [1.29, 1.82) is 0 Å². The molecule has 1 aromatic carbocycles. The molecule has 1 rings (SSSR count). The van der Waals surface area contributed by atoms with E-state index in [1.165, 1.54) is 0 Å². The van der Waals surface area contributed by atoms with Crippen LogP contribution in [0.3, 0.4) is 0 Å². The molecule has 0 radical (unpaired) electrons.